The standard InChI is InChI=1S/Pt.4Rh. The molecule has 0 fully saturated rings. The summed E-state index contributed by atoms with van der Waals surface area (Å²) >= 11 is 0. The minimum Gasteiger partial charge on any atom is 0 e. The van der Waals surface area contributed by atoms with E-state index in [1.807, 2.05) is 0 Å². The van der Waals surface area contributed by atoms with Gasteiger partial charge in [0.2, 0.25) is 0 Å². The number of rotatable bonds is 0. The molecule has 0 rings (SSSR count). The fraction of sp³-hybridized carbons (Fsp3) is 0. The van der Waals surface area contributed by atoms with Crippen LogP contribution in [0.4, 0.5) is 0 Å². The Kier molecular flexibility index (Phi) is 226. The first-order valence-electron chi connectivity index (χ1n) is 0. The van der Waals surface area contributed by atoms with Crippen molar-refractivity contribution in [3.05, 3.63) is 0 Å². The molecule has 5 heavy (non-hydrogen) atoms. The van der Waals surface area contributed by atoms with Crippen LogP contribution < -0.4 is 0 Å². The van der Waals surface area contributed by atoms with Gasteiger partial charge in [-0.05, 0) is 0 Å². The van der Waals surface area contributed by atoms with Crippen molar-refractivity contribution in [2.75, 3.05) is 0 Å². The molecule has 0 N–H and O–H groups in total. The van der Waals surface area contributed by atoms with Crippen LogP contribution in [0.5, 0.6) is 0 Å². The summed E-state index contributed by atoms with van der Waals surface area (Å²) in [6.07, 6.45) is 0. The van der Waals surface area contributed by atoms with Crippen molar-refractivity contribution >= 4 is 0 Å². The zero-order valence-electron chi connectivity index (χ0n) is 1.65. The summed E-state index contributed by atoms with van der Waals surface area (Å²) in [5.74, 6) is 0. The minimum absolute atomic E-state index is 0. The summed E-state index contributed by atoms with van der Waals surface area (Å²) in [6.45, 7) is 0. The van der Waals surface area contributed by atoms with Gasteiger partial charge in [0.15, 0.2) is 0 Å². The van der Waals surface area contributed by atoms with Gasteiger partial charge in [0.05, 0.1) is 0 Å². The van der Waals surface area contributed by atoms with Crippen LogP contribution in [0.2, 0.25) is 0 Å². The van der Waals surface area contributed by atoms with Crippen molar-refractivity contribution < 1.29 is 99.0 Å². The number of hydrogen-bond acceptors (Lipinski definition) is 0. The molecule has 0 aliphatic heterocycles. The molecule has 0 nitrogen and oxygen atoms in total. The fourth-order valence-corrected chi connectivity index (χ4v) is 0. The van der Waals surface area contributed by atoms with Crippen molar-refractivity contribution in [3.8, 4) is 0 Å². The van der Waals surface area contributed by atoms with Crippen LogP contribution in [-0.2, 0) is 99.0 Å². The maximum absolute atomic E-state index is 0. The Morgan fingerprint density at radius 3 is 0.400 bits per heavy atom. The smallest absolute Gasteiger partial charge is 0 e. The average molecular weight is 607 g/mol. The molecule has 0 aromatic rings. The van der Waals surface area contributed by atoms with Crippen LogP contribution in [0.15, 0.2) is 0 Å². The second kappa shape index (κ2) is 27.1. The van der Waals surface area contributed by atoms with Crippen molar-refractivity contribution in [2.24, 2.45) is 0 Å². The molecule has 46 valence electrons. The van der Waals surface area contributed by atoms with Gasteiger partial charge in [-0.25, -0.2) is 0 Å². The monoisotopic (exact) mass is 607 g/mol. The molecule has 0 aliphatic rings. The second-order valence-electron chi connectivity index (χ2n) is 0. The number of hydrogen-bond donors (Lipinski definition) is 0. The average Bonchev–Trinajstić information content (AvgIpc) is 0. The topological polar surface area (TPSA) is 0 Å². The normalized spacial score (nSPS) is 0. The van der Waals surface area contributed by atoms with Crippen LogP contribution in [0.3, 0.4) is 0 Å². The van der Waals surface area contributed by atoms with Gasteiger partial charge in [-0.15, -0.1) is 0 Å². The third kappa shape index (κ3) is 19.0. The van der Waals surface area contributed by atoms with Gasteiger partial charge >= 0.3 is 0 Å². The first-order valence-corrected chi connectivity index (χ1v) is 0. The summed E-state index contributed by atoms with van der Waals surface area (Å²) in [6, 6.07) is 0. The van der Waals surface area contributed by atoms with E-state index in [0.717, 1.165) is 0 Å². The Bertz CT molecular complexity index is 3.61. The predicted molar refractivity (Wildman–Crippen MR) is 0 cm³/mol. The second-order valence-corrected chi connectivity index (χ2v) is 0. The Morgan fingerprint density at radius 2 is 0.400 bits per heavy atom. The van der Waals surface area contributed by atoms with Gasteiger partial charge in [0.1, 0.15) is 0 Å². The predicted octanol–water partition coefficient (Wildman–Crippen LogP) is -0.0125. The molecule has 0 unspecified atom stereocenters. The Morgan fingerprint density at radius 1 is 0.400 bits per heavy atom. The maximum Gasteiger partial charge on any atom is 0 e. The van der Waals surface area contributed by atoms with Gasteiger partial charge in [-0.2, -0.15) is 0 Å². The maximum atomic E-state index is 0. The first kappa shape index (κ1) is 41.7. The Hall–Kier alpha value is 3.18. The molecular formula is PtRh4. The van der Waals surface area contributed by atoms with Gasteiger partial charge in [0.25, 0.3) is 0 Å². The molecule has 0 amide bonds. The molecule has 0 heterocycles. The molecule has 0 spiro atoms. The van der Waals surface area contributed by atoms with Gasteiger partial charge < -0.3 is 0 Å². The Labute approximate surface area is 97.3 Å². The molecule has 0 aromatic heterocycles. The molecule has 4 radical (unpaired) electrons. The quantitative estimate of drug-likeness (QED) is 0.341. The van der Waals surface area contributed by atoms with E-state index in [0.29, 0.717) is 0 Å². The minimum atomic E-state index is 0. The van der Waals surface area contributed by atoms with E-state index in [-0.39, 0.29) is 99.0 Å². The summed E-state index contributed by atoms with van der Waals surface area (Å²) in [4.78, 5) is 0. The zero-order chi connectivity index (χ0) is 0. The van der Waals surface area contributed by atoms with Gasteiger partial charge in [-0.3, -0.25) is 0 Å². The van der Waals surface area contributed by atoms with E-state index >= 15 is 0 Å². The molecule has 0 aliphatic carbocycles. The Balaban J connectivity index is 0. The summed E-state index contributed by atoms with van der Waals surface area (Å²) < 4.78 is 0. The van der Waals surface area contributed by atoms with Crippen LogP contribution in [-0.4, -0.2) is 0 Å². The molecule has 0 bridgehead atoms. The van der Waals surface area contributed by atoms with E-state index in [9.17, 15) is 0 Å². The fourth-order valence-electron chi connectivity index (χ4n) is 0. The van der Waals surface area contributed by atoms with E-state index in [1.165, 1.54) is 0 Å². The third-order valence-corrected chi connectivity index (χ3v) is 0. The SMILES string of the molecule is [Pt].[Rh].[Rh].[Rh].[Rh]. The van der Waals surface area contributed by atoms with E-state index in [4.69, 9.17) is 0 Å². The molecule has 0 atom stereocenters. The van der Waals surface area contributed by atoms with Crippen molar-refractivity contribution in [2.45, 2.75) is 0 Å². The zero-order valence-corrected chi connectivity index (χ0v) is 10.5. The third-order valence-electron chi connectivity index (χ3n) is 0. The van der Waals surface area contributed by atoms with Gasteiger partial charge in [-0.1, -0.05) is 0 Å². The van der Waals surface area contributed by atoms with Gasteiger partial charge in [0, 0.05) is 99.0 Å². The largest absolute Gasteiger partial charge is 0 e. The van der Waals surface area contributed by atoms with E-state index < -0.39 is 0 Å². The van der Waals surface area contributed by atoms with Crippen molar-refractivity contribution in [1.29, 1.82) is 0 Å². The van der Waals surface area contributed by atoms with Crippen molar-refractivity contribution in [1.82, 2.24) is 0 Å². The van der Waals surface area contributed by atoms with Crippen molar-refractivity contribution in [3.63, 3.8) is 0 Å². The molecule has 0 saturated heterocycles. The van der Waals surface area contributed by atoms with E-state index in [2.05, 4.69) is 0 Å². The summed E-state index contributed by atoms with van der Waals surface area (Å²) in [5, 5.41) is 0. The van der Waals surface area contributed by atoms with Crippen LogP contribution in [0, 0.1) is 0 Å². The van der Waals surface area contributed by atoms with Crippen LogP contribution in [0.1, 0.15) is 0 Å². The summed E-state index contributed by atoms with van der Waals surface area (Å²) in [5.41, 5.74) is 0. The molecule has 0 saturated carbocycles. The molecule has 5 heteroatoms. The summed E-state index contributed by atoms with van der Waals surface area (Å²) in [7, 11) is 0. The first-order chi connectivity index (χ1) is 0. The van der Waals surface area contributed by atoms with Crippen LogP contribution >= 0.6 is 0 Å². The molecular weight excluding hydrogens is 607 g/mol. The molecule has 0 aromatic carbocycles. The van der Waals surface area contributed by atoms with E-state index in [1.54, 1.807) is 0 Å². The van der Waals surface area contributed by atoms with Crippen LogP contribution in [0.25, 0.3) is 0 Å².